The number of carbonyl (C=O) groups is 3. The van der Waals surface area contributed by atoms with Crippen LogP contribution in [0.3, 0.4) is 0 Å². The summed E-state index contributed by atoms with van der Waals surface area (Å²) >= 11 is 1.82. The van der Waals surface area contributed by atoms with E-state index in [-0.39, 0.29) is 31.1 Å². The van der Waals surface area contributed by atoms with Crippen LogP contribution in [0.5, 0.6) is 0 Å². The van der Waals surface area contributed by atoms with Gasteiger partial charge in [-0.25, -0.2) is 4.79 Å². The SMILES string of the molecule is CC(=O)N[C@]1(C)C(C)(COC(=O)CCCCC2SC[C@@H]3NC(=O)N[C@H]23)OC(CO)C(C)(O)C1(C)O. The third-order valence-electron chi connectivity index (χ3n) is 8.20. The van der Waals surface area contributed by atoms with Crippen molar-refractivity contribution in [3.63, 3.8) is 0 Å². The first kappa shape index (κ1) is 28.0. The van der Waals surface area contributed by atoms with Crippen LogP contribution in [-0.4, -0.2) is 98.0 Å². The number of fused-ring (bicyclic) bond motifs is 1. The maximum Gasteiger partial charge on any atom is 0.315 e. The van der Waals surface area contributed by atoms with E-state index in [1.807, 2.05) is 11.8 Å². The van der Waals surface area contributed by atoms with Gasteiger partial charge in [-0.05, 0) is 40.5 Å². The van der Waals surface area contributed by atoms with E-state index in [2.05, 4.69) is 16.0 Å². The molecule has 0 radical (unpaired) electrons. The molecule has 0 aromatic carbocycles. The van der Waals surface area contributed by atoms with Gasteiger partial charge in [0.25, 0.3) is 0 Å². The molecule has 6 N–H and O–H groups in total. The molecule has 3 heterocycles. The molecule has 3 amide bonds. The maximum absolute atomic E-state index is 12.5. The summed E-state index contributed by atoms with van der Waals surface area (Å²) in [6, 6.07) is 0.165. The lowest BCUT2D eigenvalue weighted by atomic mass is 9.60. The van der Waals surface area contributed by atoms with Crippen LogP contribution in [0.1, 0.15) is 60.3 Å². The predicted molar refractivity (Wildman–Crippen MR) is 129 cm³/mol. The van der Waals surface area contributed by atoms with Crippen molar-refractivity contribution >= 4 is 29.7 Å². The van der Waals surface area contributed by atoms with Crippen molar-refractivity contribution in [3.05, 3.63) is 0 Å². The third-order valence-corrected chi connectivity index (χ3v) is 9.71. The summed E-state index contributed by atoms with van der Waals surface area (Å²) in [6.07, 6.45) is 1.29. The van der Waals surface area contributed by atoms with Gasteiger partial charge in [-0.1, -0.05) is 6.42 Å². The number of amides is 3. The van der Waals surface area contributed by atoms with Crippen LogP contribution in [0, 0.1) is 0 Å². The smallest absolute Gasteiger partial charge is 0.315 e. The van der Waals surface area contributed by atoms with Crippen molar-refractivity contribution in [1.29, 1.82) is 0 Å². The summed E-state index contributed by atoms with van der Waals surface area (Å²) in [4.78, 5) is 36.0. The molecule has 5 unspecified atom stereocenters. The van der Waals surface area contributed by atoms with Crippen molar-refractivity contribution < 1.29 is 39.2 Å². The molecule has 0 aromatic heterocycles. The third kappa shape index (κ3) is 5.00. The van der Waals surface area contributed by atoms with Crippen molar-refractivity contribution in [3.8, 4) is 0 Å². The summed E-state index contributed by atoms with van der Waals surface area (Å²) in [5.74, 6) is -0.0362. The maximum atomic E-state index is 12.5. The van der Waals surface area contributed by atoms with Crippen molar-refractivity contribution in [2.45, 2.75) is 106 Å². The summed E-state index contributed by atoms with van der Waals surface area (Å²) < 4.78 is 11.5. The largest absolute Gasteiger partial charge is 0.463 e. The topological polar surface area (TPSA) is 166 Å². The zero-order chi connectivity index (χ0) is 26.2. The Kier molecular flexibility index (Phi) is 8.03. The van der Waals surface area contributed by atoms with E-state index in [0.717, 1.165) is 18.6 Å². The van der Waals surface area contributed by atoms with E-state index in [9.17, 15) is 29.7 Å². The molecule has 0 saturated carbocycles. The number of unbranched alkanes of at least 4 members (excludes halogenated alkanes) is 1. The Bertz CT molecular complexity index is 840. The van der Waals surface area contributed by atoms with Crippen LogP contribution < -0.4 is 16.0 Å². The zero-order valence-electron chi connectivity index (χ0n) is 21.1. The first-order valence-electron chi connectivity index (χ1n) is 12.0. The summed E-state index contributed by atoms with van der Waals surface area (Å²) in [5.41, 5.74) is -6.86. The molecular weight excluding hydrogens is 478 g/mol. The molecule has 0 aromatic rings. The minimum atomic E-state index is -1.94. The number of aliphatic hydroxyl groups is 3. The van der Waals surface area contributed by atoms with Gasteiger partial charge in [0.15, 0.2) is 0 Å². The number of esters is 1. The molecule has 200 valence electrons. The Morgan fingerprint density at radius 1 is 1.20 bits per heavy atom. The molecule has 0 spiro atoms. The number of ether oxygens (including phenoxy) is 2. The molecule has 12 heteroatoms. The van der Waals surface area contributed by atoms with Gasteiger partial charge in [-0.3, -0.25) is 9.59 Å². The Morgan fingerprint density at radius 2 is 1.89 bits per heavy atom. The number of carbonyl (C=O) groups excluding carboxylic acids is 3. The van der Waals surface area contributed by atoms with Crippen LogP contribution in [0.4, 0.5) is 4.79 Å². The van der Waals surface area contributed by atoms with Gasteiger partial charge in [0.1, 0.15) is 35.1 Å². The molecule has 11 nitrogen and oxygen atoms in total. The van der Waals surface area contributed by atoms with Gasteiger partial charge in [0, 0.05) is 24.3 Å². The van der Waals surface area contributed by atoms with Crippen LogP contribution >= 0.6 is 11.8 Å². The second kappa shape index (κ2) is 10.0. The number of aliphatic hydroxyl groups excluding tert-OH is 1. The quantitative estimate of drug-likeness (QED) is 0.138. The molecule has 0 bridgehead atoms. The number of rotatable bonds is 9. The lowest BCUT2D eigenvalue weighted by Crippen LogP contribution is -2.86. The molecule has 35 heavy (non-hydrogen) atoms. The molecule has 3 aliphatic rings. The lowest BCUT2D eigenvalue weighted by Gasteiger charge is -2.64. The van der Waals surface area contributed by atoms with Gasteiger partial charge in [0.2, 0.25) is 5.91 Å². The standard InChI is InChI=1S/C23H39N3O8S/c1-13(28)26-22(4)20(2,34-16(10-27)21(3,31)23(22,5)32)12-33-17(29)9-7-6-8-15-18-14(11-35-15)24-19(30)25-18/h14-16,18,27,31-32H,6-12H2,1-5H3,(H,26,28)(H2,24,25,30)/t14-,15?,16?,18-,20?,21?,22+,23?/m0/s1. The van der Waals surface area contributed by atoms with Gasteiger partial charge in [-0.15, -0.1) is 0 Å². The van der Waals surface area contributed by atoms with E-state index in [4.69, 9.17) is 9.47 Å². The highest BCUT2D eigenvalue weighted by Crippen LogP contribution is 2.49. The fourth-order valence-electron chi connectivity index (χ4n) is 5.43. The zero-order valence-corrected chi connectivity index (χ0v) is 21.9. The average molecular weight is 518 g/mol. The molecule has 3 aliphatic heterocycles. The Labute approximate surface area is 210 Å². The first-order chi connectivity index (χ1) is 16.2. The van der Waals surface area contributed by atoms with E-state index < -0.39 is 46.9 Å². The highest BCUT2D eigenvalue weighted by atomic mass is 32.2. The highest BCUT2D eigenvalue weighted by Gasteiger charge is 2.71. The lowest BCUT2D eigenvalue weighted by molar-refractivity contribution is -0.337. The highest BCUT2D eigenvalue weighted by molar-refractivity contribution is 8.00. The molecular formula is C23H39N3O8S. The Balaban J connectivity index is 1.57. The van der Waals surface area contributed by atoms with Crippen LogP contribution in [0.25, 0.3) is 0 Å². The Morgan fingerprint density at radius 3 is 2.51 bits per heavy atom. The minimum Gasteiger partial charge on any atom is -0.463 e. The van der Waals surface area contributed by atoms with Crippen molar-refractivity contribution in [2.24, 2.45) is 0 Å². The van der Waals surface area contributed by atoms with Gasteiger partial charge in [-0.2, -0.15) is 11.8 Å². The van der Waals surface area contributed by atoms with E-state index >= 15 is 0 Å². The number of hydrogen-bond donors (Lipinski definition) is 6. The normalized spacial score (nSPS) is 42.7. The number of thioether (sulfide) groups is 1. The first-order valence-corrected chi connectivity index (χ1v) is 13.1. The average Bonchev–Trinajstić information content (AvgIpc) is 3.31. The van der Waals surface area contributed by atoms with Gasteiger partial charge >= 0.3 is 12.0 Å². The Hall–Kier alpha value is -1.60. The molecule has 0 aliphatic carbocycles. The summed E-state index contributed by atoms with van der Waals surface area (Å²) in [6.45, 7) is 6.18. The van der Waals surface area contributed by atoms with E-state index in [0.29, 0.717) is 11.7 Å². The van der Waals surface area contributed by atoms with Crippen molar-refractivity contribution in [2.75, 3.05) is 19.0 Å². The second-order valence-corrected chi connectivity index (χ2v) is 11.8. The predicted octanol–water partition coefficient (Wildman–Crippen LogP) is -0.198. The van der Waals surface area contributed by atoms with E-state index in [1.54, 1.807) is 6.92 Å². The second-order valence-electron chi connectivity index (χ2n) is 10.6. The van der Waals surface area contributed by atoms with Crippen LogP contribution in [0.2, 0.25) is 0 Å². The number of nitrogens with one attached hydrogen (secondary N) is 3. The minimum absolute atomic E-state index is 0.123. The molecule has 8 atom stereocenters. The fourth-order valence-corrected chi connectivity index (χ4v) is 6.97. The molecule has 3 rings (SSSR count). The summed E-state index contributed by atoms with van der Waals surface area (Å²) in [7, 11) is 0. The number of hydrogen-bond acceptors (Lipinski definition) is 9. The van der Waals surface area contributed by atoms with E-state index in [1.165, 1.54) is 27.7 Å². The fraction of sp³-hybridized carbons (Fsp3) is 0.870. The summed E-state index contributed by atoms with van der Waals surface area (Å²) in [5, 5.41) is 41.1. The molecule has 3 saturated heterocycles. The van der Waals surface area contributed by atoms with Gasteiger partial charge < -0.3 is 40.7 Å². The van der Waals surface area contributed by atoms with Gasteiger partial charge in [0.05, 0.1) is 18.7 Å². The monoisotopic (exact) mass is 517 g/mol. The number of urea groups is 1. The van der Waals surface area contributed by atoms with Crippen LogP contribution in [0.15, 0.2) is 0 Å². The molecule has 3 fully saturated rings. The van der Waals surface area contributed by atoms with Crippen molar-refractivity contribution in [1.82, 2.24) is 16.0 Å². The van der Waals surface area contributed by atoms with Crippen LogP contribution in [-0.2, 0) is 19.1 Å².